The van der Waals surface area contributed by atoms with Gasteiger partial charge in [0.05, 0.1) is 0 Å². The summed E-state index contributed by atoms with van der Waals surface area (Å²) in [6, 6.07) is 13.1. The lowest BCUT2D eigenvalue weighted by Gasteiger charge is -2.30. The van der Waals surface area contributed by atoms with Gasteiger partial charge in [0, 0.05) is 37.5 Å². The van der Waals surface area contributed by atoms with Crippen molar-refractivity contribution in [1.82, 2.24) is 15.2 Å². The summed E-state index contributed by atoms with van der Waals surface area (Å²) in [6.45, 7) is 1.77. The summed E-state index contributed by atoms with van der Waals surface area (Å²) >= 11 is 0. The van der Waals surface area contributed by atoms with Crippen LogP contribution < -0.4 is 5.32 Å². The van der Waals surface area contributed by atoms with Crippen molar-refractivity contribution in [2.45, 2.75) is 31.6 Å². The highest BCUT2D eigenvalue weighted by molar-refractivity contribution is 5.94. The molecule has 1 N–H and O–H groups in total. The van der Waals surface area contributed by atoms with E-state index in [4.69, 9.17) is 4.42 Å². The summed E-state index contributed by atoms with van der Waals surface area (Å²) in [5.41, 5.74) is 2.08. The van der Waals surface area contributed by atoms with Crippen LogP contribution in [0.4, 0.5) is 4.39 Å². The molecule has 3 aromatic rings. The Hall–Kier alpha value is -3.22. The summed E-state index contributed by atoms with van der Waals surface area (Å²) < 4.78 is 18.8. The number of nitrogens with one attached hydrogen (secondary N) is 1. The van der Waals surface area contributed by atoms with Gasteiger partial charge in [0.15, 0.2) is 11.5 Å². The average molecular weight is 409 g/mol. The number of hydrogen-bond acceptors (Lipinski definition) is 4. The second-order valence-corrected chi connectivity index (χ2v) is 7.54. The minimum absolute atomic E-state index is 0.0991. The zero-order valence-electron chi connectivity index (χ0n) is 16.6. The molecular formula is C23H24FN3O3. The van der Waals surface area contributed by atoms with Crippen molar-refractivity contribution in [3.05, 3.63) is 65.8 Å². The monoisotopic (exact) mass is 409 g/mol. The number of carbonyl (C=O) groups is 2. The fraction of sp³-hybridized carbons (Fsp3) is 0.348. The zero-order valence-corrected chi connectivity index (χ0v) is 16.6. The van der Waals surface area contributed by atoms with Crippen LogP contribution in [-0.2, 0) is 4.79 Å². The Balaban J connectivity index is 1.19. The van der Waals surface area contributed by atoms with E-state index in [2.05, 4.69) is 10.3 Å². The highest BCUT2D eigenvalue weighted by Gasteiger charge is 2.26. The minimum atomic E-state index is -0.378. The molecule has 2 aromatic carbocycles. The van der Waals surface area contributed by atoms with Crippen LogP contribution in [0.15, 0.2) is 52.9 Å². The lowest BCUT2D eigenvalue weighted by atomic mass is 9.96. The number of fused-ring (bicyclic) bond motifs is 1. The van der Waals surface area contributed by atoms with Crippen molar-refractivity contribution in [2.75, 3.05) is 19.6 Å². The van der Waals surface area contributed by atoms with Crippen LogP contribution in [0.1, 0.15) is 47.8 Å². The number of nitrogens with zero attached hydrogens (tertiary/aromatic N) is 2. The third-order valence-electron chi connectivity index (χ3n) is 5.47. The van der Waals surface area contributed by atoms with E-state index in [0.717, 1.165) is 29.8 Å². The third-order valence-corrected chi connectivity index (χ3v) is 5.47. The van der Waals surface area contributed by atoms with E-state index in [1.54, 1.807) is 0 Å². The smallest absolute Gasteiger partial charge is 0.251 e. The number of aromatic nitrogens is 1. The number of rotatable bonds is 6. The molecule has 0 spiro atoms. The van der Waals surface area contributed by atoms with Gasteiger partial charge < -0.3 is 14.6 Å². The maximum atomic E-state index is 12.9. The van der Waals surface area contributed by atoms with Crippen molar-refractivity contribution < 1.29 is 18.4 Å². The second-order valence-electron chi connectivity index (χ2n) is 7.54. The Kier molecular flexibility index (Phi) is 6.07. The minimum Gasteiger partial charge on any atom is -0.440 e. The molecule has 0 bridgehead atoms. The highest BCUT2D eigenvalue weighted by Crippen LogP contribution is 2.30. The molecule has 2 heterocycles. The number of para-hydroxylation sites is 2. The molecule has 0 saturated carbocycles. The van der Waals surface area contributed by atoms with E-state index in [0.29, 0.717) is 38.0 Å². The Morgan fingerprint density at radius 3 is 2.57 bits per heavy atom. The van der Waals surface area contributed by atoms with Crippen LogP contribution in [0.25, 0.3) is 11.1 Å². The summed E-state index contributed by atoms with van der Waals surface area (Å²) in [5.74, 6) is 0.448. The Morgan fingerprint density at radius 1 is 1.10 bits per heavy atom. The maximum Gasteiger partial charge on any atom is 0.251 e. The van der Waals surface area contributed by atoms with E-state index >= 15 is 0 Å². The first-order valence-electron chi connectivity index (χ1n) is 10.3. The molecule has 0 unspecified atom stereocenters. The molecule has 1 aliphatic rings. The van der Waals surface area contributed by atoms with E-state index < -0.39 is 0 Å². The van der Waals surface area contributed by atoms with Crippen molar-refractivity contribution in [1.29, 1.82) is 0 Å². The normalized spacial score (nSPS) is 14.8. The van der Waals surface area contributed by atoms with E-state index in [-0.39, 0.29) is 23.5 Å². The molecule has 4 rings (SSSR count). The van der Waals surface area contributed by atoms with Gasteiger partial charge in [0.25, 0.3) is 5.91 Å². The number of halogens is 1. The topological polar surface area (TPSA) is 75.4 Å². The van der Waals surface area contributed by atoms with Crippen LogP contribution in [0.5, 0.6) is 0 Å². The Bertz CT molecular complexity index is 991. The summed E-state index contributed by atoms with van der Waals surface area (Å²) in [4.78, 5) is 30.9. The number of oxazole rings is 1. The van der Waals surface area contributed by atoms with Gasteiger partial charge in [0.1, 0.15) is 11.3 Å². The number of likely N-dealkylation sites (tertiary alicyclic amines) is 1. The second kappa shape index (κ2) is 9.07. The SMILES string of the molecule is O=C(NCCCC(=O)N1CCC(c2nc3ccccc3o2)CC1)c1ccc(F)cc1. The number of piperidine rings is 1. The predicted molar refractivity (Wildman–Crippen MR) is 111 cm³/mol. The summed E-state index contributed by atoms with van der Waals surface area (Å²) in [6.07, 6.45) is 2.62. The average Bonchev–Trinajstić information content (AvgIpc) is 3.21. The fourth-order valence-corrected chi connectivity index (χ4v) is 3.74. The van der Waals surface area contributed by atoms with E-state index in [1.807, 2.05) is 29.2 Å². The number of hydrogen-bond donors (Lipinski definition) is 1. The first-order chi connectivity index (χ1) is 14.6. The van der Waals surface area contributed by atoms with Crippen LogP contribution in [-0.4, -0.2) is 41.3 Å². The molecule has 2 amide bonds. The first-order valence-corrected chi connectivity index (χ1v) is 10.3. The molecule has 7 heteroatoms. The highest BCUT2D eigenvalue weighted by atomic mass is 19.1. The maximum absolute atomic E-state index is 12.9. The quantitative estimate of drug-likeness (QED) is 0.627. The molecule has 1 aromatic heterocycles. The van der Waals surface area contributed by atoms with Gasteiger partial charge >= 0.3 is 0 Å². The molecule has 30 heavy (non-hydrogen) atoms. The van der Waals surface area contributed by atoms with Crippen molar-refractivity contribution >= 4 is 22.9 Å². The number of benzene rings is 2. The molecule has 1 fully saturated rings. The van der Waals surface area contributed by atoms with Crippen molar-refractivity contribution in [3.8, 4) is 0 Å². The molecule has 156 valence electrons. The van der Waals surface area contributed by atoms with Crippen LogP contribution in [0, 0.1) is 5.82 Å². The molecule has 1 aliphatic heterocycles. The first kappa shape index (κ1) is 20.1. The van der Waals surface area contributed by atoms with Gasteiger partial charge in [-0.2, -0.15) is 0 Å². The molecule has 1 saturated heterocycles. The number of amides is 2. The molecule has 0 aliphatic carbocycles. The van der Waals surface area contributed by atoms with E-state index in [1.165, 1.54) is 24.3 Å². The van der Waals surface area contributed by atoms with Crippen molar-refractivity contribution in [3.63, 3.8) is 0 Å². The lowest BCUT2D eigenvalue weighted by Crippen LogP contribution is -2.38. The van der Waals surface area contributed by atoms with Gasteiger partial charge in [-0.05, 0) is 55.7 Å². The van der Waals surface area contributed by atoms with Crippen LogP contribution >= 0.6 is 0 Å². The summed E-state index contributed by atoms with van der Waals surface area (Å²) in [7, 11) is 0. The van der Waals surface area contributed by atoms with Gasteiger partial charge in [-0.1, -0.05) is 12.1 Å². The molecule has 6 nitrogen and oxygen atoms in total. The third kappa shape index (κ3) is 4.67. The molecule has 0 atom stereocenters. The standard InChI is InChI=1S/C23H24FN3O3/c24-18-9-7-16(8-10-18)22(29)25-13-3-6-21(28)27-14-11-17(12-15-27)23-26-19-4-1-2-5-20(19)30-23/h1-2,4-5,7-10,17H,3,6,11-15H2,(H,25,29). The van der Waals surface area contributed by atoms with Gasteiger partial charge in [-0.15, -0.1) is 0 Å². The van der Waals surface area contributed by atoms with Gasteiger partial charge in [-0.25, -0.2) is 9.37 Å². The van der Waals surface area contributed by atoms with Gasteiger partial charge in [-0.3, -0.25) is 9.59 Å². The Morgan fingerprint density at radius 2 is 1.83 bits per heavy atom. The Labute approximate surface area is 174 Å². The fourth-order valence-electron chi connectivity index (χ4n) is 3.74. The zero-order chi connectivity index (χ0) is 20.9. The van der Waals surface area contributed by atoms with Crippen molar-refractivity contribution in [2.24, 2.45) is 0 Å². The largest absolute Gasteiger partial charge is 0.440 e. The van der Waals surface area contributed by atoms with Crippen LogP contribution in [0.2, 0.25) is 0 Å². The molecular weight excluding hydrogens is 385 g/mol. The summed E-state index contributed by atoms with van der Waals surface area (Å²) in [5, 5.41) is 2.77. The lowest BCUT2D eigenvalue weighted by molar-refractivity contribution is -0.132. The van der Waals surface area contributed by atoms with Gasteiger partial charge in [0.2, 0.25) is 5.91 Å². The molecule has 0 radical (unpaired) electrons. The van der Waals surface area contributed by atoms with Crippen LogP contribution in [0.3, 0.4) is 0 Å². The predicted octanol–water partition coefficient (Wildman–Crippen LogP) is 3.88. The number of carbonyl (C=O) groups excluding carboxylic acids is 2. The van der Waals surface area contributed by atoms with E-state index in [9.17, 15) is 14.0 Å².